The molecule has 2 aliphatic rings. The molecule has 2 saturated heterocycles. The van der Waals surface area contributed by atoms with E-state index < -0.39 is 0 Å². The predicted octanol–water partition coefficient (Wildman–Crippen LogP) is 3.15. The van der Waals surface area contributed by atoms with Gasteiger partial charge in [-0.05, 0) is 52.8 Å². The van der Waals surface area contributed by atoms with Gasteiger partial charge in [0.25, 0.3) is 0 Å². The van der Waals surface area contributed by atoms with Crippen molar-refractivity contribution in [1.29, 1.82) is 0 Å². The van der Waals surface area contributed by atoms with Crippen molar-refractivity contribution < 1.29 is 9.47 Å². The van der Waals surface area contributed by atoms with Gasteiger partial charge in [0, 0.05) is 42.0 Å². The summed E-state index contributed by atoms with van der Waals surface area (Å²) in [7, 11) is 2.19. The van der Waals surface area contributed by atoms with Crippen LogP contribution in [-0.2, 0) is 16.0 Å². The first-order valence-electron chi connectivity index (χ1n) is 9.19. The Bertz CT molecular complexity index is 533. The number of ether oxygens (including phenoxy) is 2. The molecule has 5 heteroatoms. The highest BCUT2D eigenvalue weighted by atomic mass is 32.1. The van der Waals surface area contributed by atoms with Crippen LogP contribution in [0.25, 0.3) is 0 Å². The van der Waals surface area contributed by atoms with Crippen molar-refractivity contribution in [2.75, 3.05) is 39.9 Å². The second kappa shape index (κ2) is 7.83. The van der Waals surface area contributed by atoms with Crippen LogP contribution in [0.2, 0.25) is 0 Å². The molecular formula is C19H32N2O2S. The van der Waals surface area contributed by atoms with Gasteiger partial charge in [-0.3, -0.25) is 4.90 Å². The van der Waals surface area contributed by atoms with Gasteiger partial charge < -0.3 is 14.4 Å². The second-order valence-electron chi connectivity index (χ2n) is 7.77. The number of hydrogen-bond donors (Lipinski definition) is 0. The Morgan fingerprint density at radius 3 is 2.96 bits per heavy atom. The van der Waals surface area contributed by atoms with Gasteiger partial charge in [0.15, 0.2) is 0 Å². The lowest BCUT2D eigenvalue weighted by molar-refractivity contribution is -0.0924. The lowest BCUT2D eigenvalue weighted by Crippen LogP contribution is -2.45. The summed E-state index contributed by atoms with van der Waals surface area (Å²) < 4.78 is 12.5. The van der Waals surface area contributed by atoms with Crippen LogP contribution in [0.1, 0.15) is 36.4 Å². The minimum absolute atomic E-state index is 0.106. The van der Waals surface area contributed by atoms with Gasteiger partial charge in [-0.2, -0.15) is 0 Å². The zero-order valence-corrected chi connectivity index (χ0v) is 16.4. The first-order chi connectivity index (χ1) is 11.5. The van der Waals surface area contributed by atoms with Crippen molar-refractivity contribution in [1.82, 2.24) is 9.80 Å². The van der Waals surface area contributed by atoms with Crippen LogP contribution >= 0.6 is 11.3 Å². The molecule has 0 bridgehead atoms. The molecule has 24 heavy (non-hydrogen) atoms. The summed E-state index contributed by atoms with van der Waals surface area (Å²) in [5.41, 5.74) is -0.106. The molecule has 4 nitrogen and oxygen atoms in total. The van der Waals surface area contributed by atoms with Crippen molar-refractivity contribution in [3.63, 3.8) is 0 Å². The molecule has 0 aromatic carbocycles. The van der Waals surface area contributed by atoms with Crippen LogP contribution in [0.5, 0.6) is 0 Å². The molecule has 1 spiro atoms. The summed E-state index contributed by atoms with van der Waals surface area (Å²) in [6, 6.07) is 5.04. The molecule has 3 rings (SSSR count). The van der Waals surface area contributed by atoms with E-state index in [0.29, 0.717) is 12.1 Å². The fraction of sp³-hybridized carbons (Fsp3) is 0.789. The predicted molar refractivity (Wildman–Crippen MR) is 99.8 cm³/mol. The average Bonchev–Trinajstić information content (AvgIpc) is 3.04. The quantitative estimate of drug-likeness (QED) is 0.813. The summed E-state index contributed by atoms with van der Waals surface area (Å²) in [6.45, 7) is 12.2. The van der Waals surface area contributed by atoms with Crippen LogP contribution in [0.4, 0.5) is 0 Å². The van der Waals surface area contributed by atoms with Crippen LogP contribution < -0.4 is 0 Å². The summed E-state index contributed by atoms with van der Waals surface area (Å²) >= 11 is 1.90. The molecule has 0 unspecified atom stereocenters. The zero-order valence-electron chi connectivity index (χ0n) is 15.6. The highest BCUT2D eigenvalue weighted by molar-refractivity contribution is 7.11. The van der Waals surface area contributed by atoms with E-state index in [0.717, 1.165) is 52.2 Å². The summed E-state index contributed by atoms with van der Waals surface area (Å²) in [5.74, 6) is 0. The zero-order chi connectivity index (χ0) is 17.2. The Morgan fingerprint density at radius 2 is 2.25 bits per heavy atom. The summed E-state index contributed by atoms with van der Waals surface area (Å²) in [5, 5.41) is 0. The third-order valence-electron chi connectivity index (χ3n) is 5.32. The molecule has 2 atom stereocenters. The Balaban J connectivity index is 1.60. The van der Waals surface area contributed by atoms with Gasteiger partial charge >= 0.3 is 0 Å². The number of thiophene rings is 1. The number of nitrogens with zero attached hydrogens (tertiary/aromatic N) is 2. The maximum Gasteiger partial charge on any atom is 0.105 e. The van der Waals surface area contributed by atoms with Crippen molar-refractivity contribution >= 4 is 11.3 Å². The lowest BCUT2D eigenvalue weighted by atomic mass is 10.00. The van der Waals surface area contributed by atoms with E-state index in [-0.39, 0.29) is 5.60 Å². The molecule has 3 heterocycles. The fourth-order valence-corrected chi connectivity index (χ4v) is 4.62. The van der Waals surface area contributed by atoms with Gasteiger partial charge in [-0.25, -0.2) is 0 Å². The molecule has 1 aromatic heterocycles. The fourth-order valence-electron chi connectivity index (χ4n) is 3.69. The molecule has 0 aliphatic carbocycles. The molecule has 0 N–H and O–H groups in total. The van der Waals surface area contributed by atoms with Gasteiger partial charge in [-0.15, -0.1) is 11.3 Å². The second-order valence-corrected chi connectivity index (χ2v) is 9.14. The molecule has 1 aromatic rings. The highest BCUT2D eigenvalue weighted by Gasteiger charge is 2.43. The van der Waals surface area contributed by atoms with Crippen molar-refractivity contribution in [2.24, 2.45) is 0 Å². The molecule has 2 fully saturated rings. The third-order valence-corrected chi connectivity index (χ3v) is 6.30. The first-order valence-corrected chi connectivity index (χ1v) is 10.0. The van der Waals surface area contributed by atoms with E-state index in [1.165, 1.54) is 9.75 Å². The Kier molecular flexibility index (Phi) is 5.98. The van der Waals surface area contributed by atoms with Crippen LogP contribution in [0, 0.1) is 6.92 Å². The smallest absolute Gasteiger partial charge is 0.105 e. The van der Waals surface area contributed by atoms with Gasteiger partial charge in [-0.1, -0.05) is 0 Å². The van der Waals surface area contributed by atoms with Crippen LogP contribution in [0.3, 0.4) is 0 Å². The lowest BCUT2D eigenvalue weighted by Gasteiger charge is -2.33. The van der Waals surface area contributed by atoms with Gasteiger partial charge in [0.05, 0.1) is 19.3 Å². The van der Waals surface area contributed by atoms with Gasteiger partial charge in [0.2, 0.25) is 0 Å². The average molecular weight is 353 g/mol. The minimum Gasteiger partial charge on any atom is -0.377 e. The SMILES string of the molecule is Cc1ccc(CN2CCOC[C@@]3(CC[C@H](CN(C)C(C)C)O3)C2)s1. The van der Waals surface area contributed by atoms with Crippen LogP contribution in [0.15, 0.2) is 12.1 Å². The highest BCUT2D eigenvalue weighted by Crippen LogP contribution is 2.34. The number of aryl methyl sites for hydroxylation is 1. The van der Waals surface area contributed by atoms with E-state index in [2.05, 4.69) is 49.8 Å². The molecule has 2 aliphatic heterocycles. The molecule has 0 amide bonds. The molecule has 0 radical (unpaired) electrons. The van der Waals surface area contributed by atoms with Crippen molar-refractivity contribution in [3.05, 3.63) is 21.9 Å². The molecule has 0 saturated carbocycles. The maximum atomic E-state index is 6.56. The topological polar surface area (TPSA) is 24.9 Å². The standard InChI is InChI=1S/C19H32N2O2S/c1-15(2)20(4)11-17-7-8-19(23-17)13-21(9-10-22-14-19)12-18-6-5-16(3)24-18/h5-6,15,17H,7-14H2,1-4H3/t17-,19-/m1/s1. The Labute approximate surface area is 150 Å². The maximum absolute atomic E-state index is 6.56. The number of rotatable bonds is 5. The summed E-state index contributed by atoms with van der Waals surface area (Å²) in [6.07, 6.45) is 2.60. The Hall–Kier alpha value is -0.460. The van der Waals surface area contributed by atoms with E-state index >= 15 is 0 Å². The number of hydrogen-bond acceptors (Lipinski definition) is 5. The largest absolute Gasteiger partial charge is 0.377 e. The van der Waals surface area contributed by atoms with Crippen molar-refractivity contribution in [2.45, 2.75) is 57.9 Å². The Morgan fingerprint density at radius 1 is 1.42 bits per heavy atom. The van der Waals surface area contributed by atoms with E-state index in [1.807, 2.05) is 11.3 Å². The summed E-state index contributed by atoms with van der Waals surface area (Å²) in [4.78, 5) is 7.73. The van der Waals surface area contributed by atoms with Crippen LogP contribution in [-0.4, -0.2) is 67.4 Å². The normalized spacial score (nSPS) is 29.0. The third kappa shape index (κ3) is 4.58. The van der Waals surface area contributed by atoms with Gasteiger partial charge in [0.1, 0.15) is 5.60 Å². The minimum atomic E-state index is -0.106. The monoisotopic (exact) mass is 352 g/mol. The first kappa shape index (κ1) is 18.3. The molecule has 136 valence electrons. The number of likely N-dealkylation sites (N-methyl/N-ethyl adjacent to an activating group) is 1. The molecular weight excluding hydrogens is 320 g/mol. The van der Waals surface area contributed by atoms with E-state index in [9.17, 15) is 0 Å². The van der Waals surface area contributed by atoms with Crippen molar-refractivity contribution in [3.8, 4) is 0 Å². The van der Waals surface area contributed by atoms with E-state index in [1.54, 1.807) is 0 Å². The van der Waals surface area contributed by atoms with E-state index in [4.69, 9.17) is 9.47 Å².